The summed E-state index contributed by atoms with van der Waals surface area (Å²) in [5.74, 6) is 0. The van der Waals surface area contributed by atoms with Gasteiger partial charge in [0.25, 0.3) is 0 Å². The van der Waals surface area contributed by atoms with Crippen LogP contribution < -0.4 is 4.72 Å². The minimum Gasteiger partial charge on any atom is -0.396 e. The Morgan fingerprint density at radius 1 is 1.37 bits per heavy atom. The Morgan fingerprint density at radius 2 is 1.89 bits per heavy atom. The van der Waals surface area contributed by atoms with Crippen molar-refractivity contribution in [1.82, 2.24) is 4.72 Å². The minimum absolute atomic E-state index is 0.139. The first-order chi connectivity index (χ1) is 8.73. The molecule has 19 heavy (non-hydrogen) atoms. The Balaban J connectivity index is 3.02. The zero-order chi connectivity index (χ0) is 14.7. The molecule has 1 rings (SSSR count). The highest BCUT2D eigenvalue weighted by Crippen LogP contribution is 2.22. The molecule has 0 aliphatic carbocycles. The molecule has 0 aliphatic heterocycles. The van der Waals surface area contributed by atoms with Gasteiger partial charge in [-0.15, -0.1) is 6.58 Å². The van der Waals surface area contributed by atoms with Crippen molar-refractivity contribution in [1.29, 1.82) is 0 Å². The van der Waals surface area contributed by atoms with Crippen molar-refractivity contribution < 1.29 is 13.5 Å². The van der Waals surface area contributed by atoms with Gasteiger partial charge in [0, 0.05) is 18.1 Å². The van der Waals surface area contributed by atoms with E-state index in [0.29, 0.717) is 0 Å². The number of aliphatic hydroxyl groups is 1. The first-order valence-electron chi connectivity index (χ1n) is 6.05. The highest BCUT2D eigenvalue weighted by atomic mass is 32.2. The Morgan fingerprint density at radius 3 is 2.32 bits per heavy atom. The molecular weight excluding hydrogens is 262 g/mol. The molecule has 1 aromatic carbocycles. The quantitative estimate of drug-likeness (QED) is 0.783. The molecule has 0 bridgehead atoms. The topological polar surface area (TPSA) is 66.4 Å². The summed E-state index contributed by atoms with van der Waals surface area (Å²) in [7, 11) is -3.61. The van der Waals surface area contributed by atoms with Gasteiger partial charge in [-0.3, -0.25) is 0 Å². The van der Waals surface area contributed by atoms with Crippen LogP contribution in [0.3, 0.4) is 0 Å². The van der Waals surface area contributed by atoms with Gasteiger partial charge in [0.2, 0.25) is 10.0 Å². The van der Waals surface area contributed by atoms with Gasteiger partial charge in [0.05, 0.1) is 4.90 Å². The van der Waals surface area contributed by atoms with E-state index >= 15 is 0 Å². The van der Waals surface area contributed by atoms with E-state index in [4.69, 9.17) is 0 Å². The van der Waals surface area contributed by atoms with Gasteiger partial charge in [-0.2, -0.15) is 0 Å². The Bertz CT molecular complexity index is 532. The smallest absolute Gasteiger partial charge is 0.241 e. The molecule has 0 aromatic heterocycles. The van der Waals surface area contributed by atoms with Gasteiger partial charge in [-0.1, -0.05) is 37.6 Å². The number of aryl methyl sites for hydroxylation is 1. The monoisotopic (exact) mass is 283 g/mol. The molecule has 0 aliphatic rings. The molecule has 4 nitrogen and oxygen atoms in total. The molecule has 2 N–H and O–H groups in total. The summed E-state index contributed by atoms with van der Waals surface area (Å²) in [6.07, 6.45) is 1.50. The molecule has 0 spiro atoms. The number of sulfonamides is 1. The minimum atomic E-state index is -3.61. The molecule has 0 saturated carbocycles. The standard InChI is InChI=1S/C14H21NO3S/c1-5-13(14(3,4)10-16)15-19(17,18)12-8-6-11(2)7-9-12/h5-9,13,15-16H,1,10H2,2-4H3/t13-/m1/s1. The van der Waals surface area contributed by atoms with Crippen molar-refractivity contribution >= 4 is 10.0 Å². The molecule has 1 atom stereocenters. The van der Waals surface area contributed by atoms with Crippen LogP contribution in [0.25, 0.3) is 0 Å². The molecule has 0 saturated heterocycles. The van der Waals surface area contributed by atoms with Crippen molar-refractivity contribution in [2.75, 3.05) is 6.61 Å². The van der Waals surface area contributed by atoms with E-state index in [1.807, 2.05) is 6.92 Å². The van der Waals surface area contributed by atoms with Crippen LogP contribution in [0.2, 0.25) is 0 Å². The fourth-order valence-electron chi connectivity index (χ4n) is 1.58. The van der Waals surface area contributed by atoms with Crippen LogP contribution in [-0.2, 0) is 10.0 Å². The molecule has 1 aromatic rings. The summed E-state index contributed by atoms with van der Waals surface area (Å²) < 4.78 is 27.0. The summed E-state index contributed by atoms with van der Waals surface area (Å²) in [6, 6.07) is 6.07. The van der Waals surface area contributed by atoms with Crippen molar-refractivity contribution in [3.63, 3.8) is 0 Å². The number of rotatable bonds is 6. The molecule has 0 heterocycles. The predicted octanol–water partition coefficient (Wildman–Crippen LogP) is 1.85. The summed E-state index contributed by atoms with van der Waals surface area (Å²) in [6.45, 7) is 8.93. The van der Waals surface area contributed by atoms with Crippen molar-refractivity contribution in [2.24, 2.45) is 5.41 Å². The Labute approximate surface area is 115 Å². The maximum atomic E-state index is 12.2. The van der Waals surface area contributed by atoms with Gasteiger partial charge < -0.3 is 5.11 Å². The normalized spacial score (nSPS) is 14.1. The third-order valence-electron chi connectivity index (χ3n) is 3.10. The van der Waals surface area contributed by atoms with E-state index in [2.05, 4.69) is 11.3 Å². The maximum absolute atomic E-state index is 12.2. The largest absolute Gasteiger partial charge is 0.396 e. The van der Waals surface area contributed by atoms with Crippen LogP contribution in [0.5, 0.6) is 0 Å². The average Bonchev–Trinajstić information content (AvgIpc) is 2.36. The fraction of sp³-hybridized carbons (Fsp3) is 0.429. The third kappa shape index (κ3) is 3.89. The number of hydrogen-bond acceptors (Lipinski definition) is 3. The zero-order valence-corrected chi connectivity index (χ0v) is 12.4. The van der Waals surface area contributed by atoms with Gasteiger partial charge in [-0.05, 0) is 19.1 Å². The van der Waals surface area contributed by atoms with Crippen molar-refractivity contribution in [3.05, 3.63) is 42.5 Å². The number of nitrogens with one attached hydrogen (secondary N) is 1. The number of aliphatic hydroxyl groups excluding tert-OH is 1. The van der Waals surface area contributed by atoms with Gasteiger partial charge in [0.1, 0.15) is 0 Å². The summed E-state index contributed by atoms with van der Waals surface area (Å²) in [5.41, 5.74) is 0.384. The fourth-order valence-corrected chi connectivity index (χ4v) is 2.96. The van der Waals surface area contributed by atoms with Crippen molar-refractivity contribution in [2.45, 2.75) is 31.7 Å². The second kappa shape index (κ2) is 5.86. The van der Waals surface area contributed by atoms with Crippen LogP contribution >= 0.6 is 0 Å². The SMILES string of the molecule is C=C[C@@H](NS(=O)(=O)c1ccc(C)cc1)C(C)(C)CO. The first-order valence-corrected chi connectivity index (χ1v) is 7.53. The second-order valence-electron chi connectivity index (χ2n) is 5.29. The molecule has 0 amide bonds. The van der Waals surface area contributed by atoms with Crippen molar-refractivity contribution in [3.8, 4) is 0 Å². The summed E-state index contributed by atoms with van der Waals surface area (Å²) in [5, 5.41) is 9.32. The third-order valence-corrected chi connectivity index (χ3v) is 4.56. The molecule has 0 fully saturated rings. The van der Waals surface area contributed by atoms with E-state index in [9.17, 15) is 13.5 Å². The van der Waals surface area contributed by atoms with Gasteiger partial charge in [-0.25, -0.2) is 13.1 Å². The zero-order valence-electron chi connectivity index (χ0n) is 11.6. The van der Waals surface area contributed by atoms with E-state index in [0.717, 1.165) is 5.56 Å². The van der Waals surface area contributed by atoms with Gasteiger partial charge in [0.15, 0.2) is 0 Å². The number of hydrogen-bond donors (Lipinski definition) is 2. The highest BCUT2D eigenvalue weighted by Gasteiger charge is 2.30. The Hall–Kier alpha value is -1.17. The highest BCUT2D eigenvalue weighted by molar-refractivity contribution is 7.89. The molecule has 0 unspecified atom stereocenters. The molecule has 106 valence electrons. The molecule has 5 heteroatoms. The number of benzene rings is 1. The molecular formula is C14H21NO3S. The first kappa shape index (κ1) is 15.9. The van der Waals surface area contributed by atoms with Gasteiger partial charge >= 0.3 is 0 Å². The van der Waals surface area contributed by atoms with E-state index in [-0.39, 0.29) is 11.5 Å². The lowest BCUT2D eigenvalue weighted by Gasteiger charge is -2.30. The molecule has 0 radical (unpaired) electrons. The van der Waals surface area contributed by atoms with Crippen LogP contribution in [0.1, 0.15) is 19.4 Å². The van der Waals surface area contributed by atoms with Crippen LogP contribution in [0, 0.1) is 12.3 Å². The van der Waals surface area contributed by atoms with Crippen LogP contribution in [0.4, 0.5) is 0 Å². The van der Waals surface area contributed by atoms with E-state index in [1.54, 1.807) is 38.1 Å². The lowest BCUT2D eigenvalue weighted by molar-refractivity contribution is 0.141. The van der Waals surface area contributed by atoms with Crippen LogP contribution in [0.15, 0.2) is 41.8 Å². The Kier molecular flexibility index (Phi) is 4.90. The van der Waals surface area contributed by atoms with E-state index < -0.39 is 21.5 Å². The predicted molar refractivity (Wildman–Crippen MR) is 76.4 cm³/mol. The summed E-state index contributed by atoms with van der Waals surface area (Å²) >= 11 is 0. The maximum Gasteiger partial charge on any atom is 0.241 e. The second-order valence-corrected chi connectivity index (χ2v) is 7.01. The lowest BCUT2D eigenvalue weighted by Crippen LogP contribution is -2.45. The van der Waals surface area contributed by atoms with E-state index in [1.165, 1.54) is 6.08 Å². The lowest BCUT2D eigenvalue weighted by atomic mass is 9.86. The summed E-state index contributed by atoms with van der Waals surface area (Å²) in [4.78, 5) is 0.207. The van der Waals surface area contributed by atoms with Crippen LogP contribution in [-0.4, -0.2) is 26.2 Å². The average molecular weight is 283 g/mol.